The first-order chi connectivity index (χ1) is 14.4. The number of benzene rings is 1. The quantitative estimate of drug-likeness (QED) is 0.626. The van der Waals surface area contributed by atoms with Crippen LogP contribution in [0.3, 0.4) is 0 Å². The van der Waals surface area contributed by atoms with Crippen LogP contribution in [-0.4, -0.2) is 38.2 Å². The molecule has 1 aromatic carbocycles. The highest BCUT2D eigenvalue weighted by molar-refractivity contribution is 7.16. The first-order valence-corrected chi connectivity index (χ1v) is 10.1. The van der Waals surface area contributed by atoms with Gasteiger partial charge >= 0.3 is 6.03 Å². The van der Waals surface area contributed by atoms with Gasteiger partial charge in [-0.2, -0.15) is 9.61 Å². The third-order valence-electron chi connectivity index (χ3n) is 5.19. The van der Waals surface area contributed by atoms with Gasteiger partial charge in [0.2, 0.25) is 11.8 Å². The van der Waals surface area contributed by atoms with Crippen molar-refractivity contribution in [3.05, 3.63) is 50.9 Å². The average Bonchev–Trinajstić information content (AvgIpc) is 3.41. The molecular formula is C19H17N5O5S. The number of ether oxygens (including phenoxy) is 2. The van der Waals surface area contributed by atoms with E-state index in [0.717, 1.165) is 9.91 Å². The Kier molecular flexibility index (Phi) is 4.03. The van der Waals surface area contributed by atoms with E-state index < -0.39 is 17.5 Å². The van der Waals surface area contributed by atoms with Crippen molar-refractivity contribution >= 4 is 28.2 Å². The summed E-state index contributed by atoms with van der Waals surface area (Å²) in [5.41, 5.74) is -0.718. The van der Waals surface area contributed by atoms with Crippen LogP contribution in [0.2, 0.25) is 0 Å². The fourth-order valence-electron chi connectivity index (χ4n) is 3.53. The topological polar surface area (TPSA) is 115 Å². The van der Waals surface area contributed by atoms with Gasteiger partial charge in [-0.05, 0) is 31.0 Å². The molecule has 1 atom stereocenters. The van der Waals surface area contributed by atoms with Gasteiger partial charge in [-0.3, -0.25) is 14.5 Å². The molecule has 1 fully saturated rings. The summed E-state index contributed by atoms with van der Waals surface area (Å²) < 4.78 is 11.9. The molecule has 3 aromatic rings. The van der Waals surface area contributed by atoms with Gasteiger partial charge in [0.15, 0.2) is 11.5 Å². The Balaban J connectivity index is 1.46. The number of nitrogens with one attached hydrogen (secondary N) is 1. The molecule has 1 N–H and O–H groups in total. The van der Waals surface area contributed by atoms with Crippen molar-refractivity contribution in [3.63, 3.8) is 0 Å². The molecule has 1 saturated heterocycles. The molecule has 0 bridgehead atoms. The van der Waals surface area contributed by atoms with Gasteiger partial charge in [-0.15, -0.1) is 0 Å². The first kappa shape index (κ1) is 18.6. The van der Waals surface area contributed by atoms with E-state index in [1.165, 1.54) is 21.9 Å². The number of fused-ring (bicyclic) bond motifs is 2. The molecule has 3 amide bonds. The van der Waals surface area contributed by atoms with Gasteiger partial charge in [0.05, 0.1) is 12.2 Å². The minimum atomic E-state index is -1.27. The van der Waals surface area contributed by atoms with Crippen LogP contribution in [0.1, 0.15) is 30.1 Å². The van der Waals surface area contributed by atoms with Crippen molar-refractivity contribution in [3.8, 4) is 11.5 Å². The molecular weight excluding hydrogens is 410 g/mol. The second-order valence-electron chi connectivity index (χ2n) is 7.14. The molecule has 0 unspecified atom stereocenters. The van der Waals surface area contributed by atoms with Gasteiger partial charge in [0, 0.05) is 6.07 Å². The van der Waals surface area contributed by atoms with Crippen LogP contribution in [0, 0.1) is 0 Å². The Bertz CT molecular complexity index is 1270. The Morgan fingerprint density at radius 1 is 1.20 bits per heavy atom. The number of rotatable bonds is 4. The van der Waals surface area contributed by atoms with Crippen LogP contribution >= 0.6 is 11.3 Å². The molecule has 2 aliphatic rings. The van der Waals surface area contributed by atoms with Crippen molar-refractivity contribution < 1.29 is 19.1 Å². The zero-order chi connectivity index (χ0) is 21.0. The summed E-state index contributed by atoms with van der Waals surface area (Å²) in [5, 5.41) is 7.73. The van der Waals surface area contributed by atoms with E-state index in [1.54, 1.807) is 25.1 Å². The van der Waals surface area contributed by atoms with E-state index in [-0.39, 0.29) is 18.9 Å². The number of hydrogen-bond donors (Lipinski definition) is 1. The third kappa shape index (κ3) is 2.73. The average molecular weight is 427 g/mol. The minimum Gasteiger partial charge on any atom is -0.454 e. The Hall–Kier alpha value is -3.47. The number of carbonyl (C=O) groups excluding carboxylic acids is 2. The second kappa shape index (κ2) is 6.52. The molecule has 10 nitrogen and oxygen atoms in total. The molecule has 2 aromatic heterocycles. The van der Waals surface area contributed by atoms with E-state index in [1.807, 2.05) is 6.92 Å². The summed E-state index contributed by atoms with van der Waals surface area (Å²) in [6, 6.07) is 5.85. The van der Waals surface area contributed by atoms with E-state index in [4.69, 9.17) is 9.47 Å². The number of amides is 3. The molecule has 5 rings (SSSR count). The van der Waals surface area contributed by atoms with Gasteiger partial charge in [0.25, 0.3) is 11.5 Å². The predicted molar refractivity (Wildman–Crippen MR) is 106 cm³/mol. The fraction of sp³-hybridized carbons (Fsp3) is 0.316. The number of nitrogens with zero attached hydrogens (tertiary/aromatic N) is 4. The van der Waals surface area contributed by atoms with Gasteiger partial charge < -0.3 is 14.8 Å². The number of aryl methyl sites for hydroxylation is 1. The van der Waals surface area contributed by atoms with Crippen LogP contribution in [-0.2, 0) is 23.3 Å². The molecule has 30 heavy (non-hydrogen) atoms. The largest absolute Gasteiger partial charge is 0.454 e. The van der Waals surface area contributed by atoms with Crippen molar-refractivity contribution in [1.82, 2.24) is 24.8 Å². The molecule has 0 aliphatic carbocycles. The standard InChI is InChI=1S/C19H17N5O5S/c1-3-14-22-24-15(25)7-11(20-18(24)30-14)8-23-16(26)19(2,21-17(23)27)10-4-5-12-13(6-10)29-9-28-12/h4-7H,3,8-9H2,1-2H3,(H,21,27)/t19-/m0/s1. The highest BCUT2D eigenvalue weighted by Crippen LogP contribution is 2.38. The second-order valence-corrected chi connectivity index (χ2v) is 8.18. The molecule has 0 spiro atoms. The monoisotopic (exact) mass is 427 g/mol. The van der Waals surface area contributed by atoms with Gasteiger partial charge in [0.1, 0.15) is 10.5 Å². The summed E-state index contributed by atoms with van der Waals surface area (Å²) in [5.74, 6) is 0.670. The maximum Gasteiger partial charge on any atom is 0.325 e. The molecule has 0 radical (unpaired) electrons. The normalized spacial score (nSPS) is 20.3. The van der Waals surface area contributed by atoms with Crippen molar-refractivity contribution in [2.45, 2.75) is 32.4 Å². The minimum absolute atomic E-state index is 0.114. The number of aromatic nitrogens is 3. The van der Waals surface area contributed by atoms with Crippen LogP contribution in [0.15, 0.2) is 29.1 Å². The Morgan fingerprint density at radius 2 is 2.00 bits per heavy atom. The lowest BCUT2D eigenvalue weighted by Crippen LogP contribution is -2.40. The van der Waals surface area contributed by atoms with Crippen LogP contribution in [0.25, 0.3) is 4.96 Å². The van der Waals surface area contributed by atoms with E-state index in [0.29, 0.717) is 34.1 Å². The number of carbonyl (C=O) groups is 2. The van der Waals surface area contributed by atoms with E-state index in [9.17, 15) is 14.4 Å². The van der Waals surface area contributed by atoms with Crippen molar-refractivity contribution in [2.75, 3.05) is 6.79 Å². The third-order valence-corrected chi connectivity index (χ3v) is 6.24. The smallest absolute Gasteiger partial charge is 0.325 e. The lowest BCUT2D eigenvalue weighted by molar-refractivity contribution is -0.131. The van der Waals surface area contributed by atoms with Crippen molar-refractivity contribution in [2.24, 2.45) is 0 Å². The Labute approximate surface area is 174 Å². The van der Waals surface area contributed by atoms with Crippen molar-refractivity contribution in [1.29, 1.82) is 0 Å². The maximum atomic E-state index is 13.2. The van der Waals surface area contributed by atoms with E-state index in [2.05, 4.69) is 15.4 Å². The zero-order valence-corrected chi connectivity index (χ0v) is 17.0. The molecule has 154 valence electrons. The summed E-state index contributed by atoms with van der Waals surface area (Å²) in [7, 11) is 0. The highest BCUT2D eigenvalue weighted by atomic mass is 32.1. The van der Waals surface area contributed by atoms with Crippen LogP contribution in [0.5, 0.6) is 11.5 Å². The highest BCUT2D eigenvalue weighted by Gasteiger charge is 2.49. The number of imide groups is 1. The summed E-state index contributed by atoms with van der Waals surface area (Å²) in [6.07, 6.45) is 0.684. The predicted octanol–water partition coefficient (Wildman–Crippen LogP) is 1.41. The lowest BCUT2D eigenvalue weighted by atomic mass is 9.91. The maximum absolute atomic E-state index is 13.2. The molecule has 11 heteroatoms. The SMILES string of the molecule is CCc1nn2c(=O)cc(CN3C(=O)N[C@@](C)(c4ccc5c(c4)OCO5)C3=O)nc2s1. The molecule has 0 saturated carbocycles. The van der Waals surface area contributed by atoms with E-state index >= 15 is 0 Å². The van der Waals surface area contributed by atoms with Crippen LogP contribution in [0.4, 0.5) is 4.79 Å². The summed E-state index contributed by atoms with van der Waals surface area (Å²) >= 11 is 1.30. The lowest BCUT2D eigenvalue weighted by Gasteiger charge is -2.22. The van der Waals surface area contributed by atoms with Gasteiger partial charge in [-0.25, -0.2) is 9.78 Å². The fourth-order valence-corrected chi connectivity index (χ4v) is 4.38. The number of hydrogen-bond acceptors (Lipinski definition) is 8. The molecule has 4 heterocycles. The van der Waals surface area contributed by atoms with Crippen LogP contribution < -0.4 is 20.3 Å². The number of urea groups is 1. The summed E-state index contributed by atoms with van der Waals surface area (Å²) in [6.45, 7) is 3.57. The Morgan fingerprint density at radius 3 is 2.80 bits per heavy atom. The first-order valence-electron chi connectivity index (χ1n) is 9.32. The molecule has 2 aliphatic heterocycles. The zero-order valence-electron chi connectivity index (χ0n) is 16.2. The summed E-state index contributed by atoms with van der Waals surface area (Å²) in [4.78, 5) is 44.1. The van der Waals surface area contributed by atoms with Gasteiger partial charge in [-0.1, -0.05) is 24.3 Å².